The van der Waals surface area contributed by atoms with Crippen LogP contribution in [0.15, 0.2) is 36.4 Å². The molecule has 0 aliphatic heterocycles. The summed E-state index contributed by atoms with van der Waals surface area (Å²) in [5.74, 6) is -1.43. The van der Waals surface area contributed by atoms with E-state index in [4.69, 9.17) is 11.6 Å². The molecule has 1 aromatic heterocycles. The van der Waals surface area contributed by atoms with Gasteiger partial charge in [0.2, 0.25) is 0 Å². The quantitative estimate of drug-likeness (QED) is 0.881. The normalized spacial score (nSPS) is 10.2. The molecule has 0 saturated heterocycles. The van der Waals surface area contributed by atoms with Crippen molar-refractivity contribution < 1.29 is 14.0 Å². The van der Waals surface area contributed by atoms with Crippen LogP contribution in [0.3, 0.4) is 0 Å². The minimum absolute atomic E-state index is 0.0783. The Hall–Kier alpha value is -2.47. The highest BCUT2D eigenvalue weighted by Crippen LogP contribution is 2.19. The van der Waals surface area contributed by atoms with E-state index in [2.05, 4.69) is 15.6 Å². The van der Waals surface area contributed by atoms with Gasteiger partial charge in [0.1, 0.15) is 17.2 Å². The third kappa shape index (κ3) is 4.50. The Labute approximate surface area is 137 Å². The second-order valence-corrected chi connectivity index (χ2v) is 5.15. The molecule has 0 unspecified atom stereocenters. The van der Waals surface area contributed by atoms with Crippen LogP contribution in [0.4, 0.5) is 10.1 Å². The van der Waals surface area contributed by atoms with Gasteiger partial charge in [0.15, 0.2) is 0 Å². The van der Waals surface area contributed by atoms with Crippen LogP contribution >= 0.6 is 11.6 Å². The second-order valence-electron chi connectivity index (χ2n) is 4.75. The number of benzene rings is 1. The number of hydrogen-bond donors (Lipinski definition) is 2. The molecule has 0 radical (unpaired) electrons. The van der Waals surface area contributed by atoms with Crippen molar-refractivity contribution in [2.75, 3.05) is 11.9 Å². The van der Waals surface area contributed by atoms with Crippen molar-refractivity contribution in [3.63, 3.8) is 0 Å². The summed E-state index contributed by atoms with van der Waals surface area (Å²) in [6.45, 7) is 2.47. The van der Waals surface area contributed by atoms with Crippen LogP contribution in [-0.4, -0.2) is 23.3 Å². The average Bonchev–Trinajstić information content (AvgIpc) is 2.56. The minimum Gasteiger partial charge on any atom is -0.351 e. The summed E-state index contributed by atoms with van der Waals surface area (Å²) in [5.41, 5.74) is 0.571. The first-order valence-corrected chi connectivity index (χ1v) is 7.40. The van der Waals surface area contributed by atoms with Crippen LogP contribution in [0, 0.1) is 5.82 Å². The van der Waals surface area contributed by atoms with Crippen molar-refractivity contribution in [3.8, 4) is 0 Å². The van der Waals surface area contributed by atoms with Crippen molar-refractivity contribution in [2.45, 2.75) is 13.3 Å². The summed E-state index contributed by atoms with van der Waals surface area (Å²) >= 11 is 5.66. The lowest BCUT2D eigenvalue weighted by Crippen LogP contribution is -2.26. The van der Waals surface area contributed by atoms with Crippen LogP contribution in [0.5, 0.6) is 0 Å². The van der Waals surface area contributed by atoms with Gasteiger partial charge in [0.25, 0.3) is 11.8 Å². The molecule has 5 nitrogen and oxygen atoms in total. The predicted octanol–water partition coefficient (Wildman–Crippen LogP) is 3.27. The van der Waals surface area contributed by atoms with Gasteiger partial charge in [0.05, 0.1) is 5.02 Å². The lowest BCUT2D eigenvalue weighted by Gasteiger charge is -2.07. The van der Waals surface area contributed by atoms with Crippen LogP contribution in [-0.2, 0) is 0 Å². The fraction of sp³-hybridized carbons (Fsp3) is 0.188. The number of halogens is 2. The van der Waals surface area contributed by atoms with E-state index in [1.54, 1.807) is 6.07 Å². The van der Waals surface area contributed by atoms with Gasteiger partial charge >= 0.3 is 0 Å². The van der Waals surface area contributed by atoms with Crippen molar-refractivity contribution >= 4 is 29.1 Å². The number of carbonyl (C=O) groups is 2. The van der Waals surface area contributed by atoms with E-state index in [1.165, 1.54) is 24.3 Å². The molecule has 2 N–H and O–H groups in total. The molecule has 0 atom stereocenters. The Balaban J connectivity index is 2.13. The fourth-order valence-corrected chi connectivity index (χ4v) is 1.97. The first kappa shape index (κ1) is 16.9. The Bertz CT molecular complexity index is 737. The molecule has 0 spiro atoms. The molecule has 1 aromatic carbocycles. The molecule has 23 heavy (non-hydrogen) atoms. The molecule has 0 saturated carbocycles. The number of rotatable bonds is 5. The van der Waals surface area contributed by atoms with Gasteiger partial charge in [-0.1, -0.05) is 24.6 Å². The zero-order valence-corrected chi connectivity index (χ0v) is 13.2. The fourth-order valence-electron chi connectivity index (χ4n) is 1.79. The topological polar surface area (TPSA) is 71.1 Å². The van der Waals surface area contributed by atoms with Crippen LogP contribution in [0.2, 0.25) is 5.02 Å². The minimum atomic E-state index is -0.572. The maximum Gasteiger partial charge on any atom is 0.274 e. The van der Waals surface area contributed by atoms with Gasteiger partial charge in [-0.05, 0) is 36.8 Å². The SMILES string of the molecule is CCCNC(=O)c1cccc(C(=O)Nc2ccc(F)c(Cl)c2)n1. The zero-order chi connectivity index (χ0) is 16.8. The van der Waals surface area contributed by atoms with Gasteiger partial charge in [-0.15, -0.1) is 0 Å². The second kappa shape index (κ2) is 7.69. The van der Waals surface area contributed by atoms with Crippen molar-refractivity contribution in [1.82, 2.24) is 10.3 Å². The Morgan fingerprint density at radius 2 is 1.87 bits per heavy atom. The number of nitrogens with one attached hydrogen (secondary N) is 2. The van der Waals surface area contributed by atoms with E-state index in [9.17, 15) is 14.0 Å². The monoisotopic (exact) mass is 335 g/mol. The number of anilines is 1. The van der Waals surface area contributed by atoms with E-state index in [0.717, 1.165) is 12.5 Å². The molecule has 1 heterocycles. The third-order valence-corrected chi connectivity index (χ3v) is 3.22. The number of aromatic nitrogens is 1. The van der Waals surface area contributed by atoms with Gasteiger partial charge < -0.3 is 10.6 Å². The maximum atomic E-state index is 13.1. The molecule has 0 aliphatic rings. The molecule has 2 amide bonds. The van der Waals surface area contributed by atoms with E-state index >= 15 is 0 Å². The Kier molecular flexibility index (Phi) is 5.65. The van der Waals surface area contributed by atoms with Crippen LogP contribution in [0.25, 0.3) is 0 Å². The number of amides is 2. The Morgan fingerprint density at radius 1 is 1.17 bits per heavy atom. The lowest BCUT2D eigenvalue weighted by atomic mass is 10.2. The third-order valence-electron chi connectivity index (χ3n) is 2.93. The van der Waals surface area contributed by atoms with Gasteiger partial charge in [-0.25, -0.2) is 9.37 Å². The van der Waals surface area contributed by atoms with E-state index in [1.807, 2.05) is 6.92 Å². The Morgan fingerprint density at radius 3 is 2.52 bits per heavy atom. The molecular weight excluding hydrogens is 321 g/mol. The smallest absolute Gasteiger partial charge is 0.274 e. The number of hydrogen-bond acceptors (Lipinski definition) is 3. The standard InChI is InChI=1S/C16H15ClFN3O2/c1-2-8-19-15(22)13-4-3-5-14(21-13)16(23)20-10-6-7-12(18)11(17)9-10/h3-7,9H,2,8H2,1H3,(H,19,22)(H,20,23). The maximum absolute atomic E-state index is 13.1. The molecule has 0 bridgehead atoms. The summed E-state index contributed by atoms with van der Waals surface area (Å²) in [6, 6.07) is 8.41. The molecule has 0 fully saturated rings. The van der Waals surface area contributed by atoms with Crippen molar-refractivity contribution in [1.29, 1.82) is 0 Å². The predicted molar refractivity (Wildman–Crippen MR) is 86.2 cm³/mol. The lowest BCUT2D eigenvalue weighted by molar-refractivity contribution is 0.0948. The summed E-state index contributed by atoms with van der Waals surface area (Å²) in [5, 5.41) is 5.14. The molecule has 2 aromatic rings. The highest BCUT2D eigenvalue weighted by atomic mass is 35.5. The summed E-state index contributed by atoms with van der Waals surface area (Å²) in [4.78, 5) is 28.0. The highest BCUT2D eigenvalue weighted by Gasteiger charge is 2.12. The first-order valence-electron chi connectivity index (χ1n) is 7.03. The van der Waals surface area contributed by atoms with Crippen molar-refractivity contribution in [2.24, 2.45) is 0 Å². The molecule has 0 aliphatic carbocycles. The van der Waals surface area contributed by atoms with Crippen molar-refractivity contribution in [3.05, 3.63) is 58.6 Å². The van der Waals surface area contributed by atoms with E-state index in [0.29, 0.717) is 12.2 Å². The zero-order valence-electron chi connectivity index (χ0n) is 12.4. The number of pyridine rings is 1. The largest absolute Gasteiger partial charge is 0.351 e. The van der Waals surface area contributed by atoms with Gasteiger partial charge in [-0.2, -0.15) is 0 Å². The number of nitrogens with zero attached hydrogens (tertiary/aromatic N) is 1. The van der Waals surface area contributed by atoms with E-state index < -0.39 is 11.7 Å². The molecule has 120 valence electrons. The van der Waals surface area contributed by atoms with Gasteiger partial charge in [0, 0.05) is 12.2 Å². The summed E-state index contributed by atoms with van der Waals surface area (Å²) in [6.07, 6.45) is 0.803. The molecular formula is C16H15ClFN3O2. The summed E-state index contributed by atoms with van der Waals surface area (Å²) < 4.78 is 13.1. The average molecular weight is 336 g/mol. The first-order chi connectivity index (χ1) is 11.0. The number of carbonyl (C=O) groups excluding carboxylic acids is 2. The summed E-state index contributed by atoms with van der Waals surface area (Å²) in [7, 11) is 0. The van der Waals surface area contributed by atoms with Crippen LogP contribution < -0.4 is 10.6 Å². The van der Waals surface area contributed by atoms with Gasteiger partial charge in [-0.3, -0.25) is 9.59 Å². The molecule has 7 heteroatoms. The highest BCUT2D eigenvalue weighted by molar-refractivity contribution is 6.31. The van der Waals surface area contributed by atoms with Crippen LogP contribution in [0.1, 0.15) is 34.3 Å². The molecule has 2 rings (SSSR count). The van der Waals surface area contributed by atoms with E-state index in [-0.39, 0.29) is 22.3 Å².